The van der Waals surface area contributed by atoms with Gasteiger partial charge in [-0.15, -0.1) is 0 Å². The molecule has 3 atom stereocenters. The molecule has 2 bridgehead atoms. The van der Waals surface area contributed by atoms with Crippen LogP contribution in [0.1, 0.15) is 24.8 Å². The van der Waals surface area contributed by atoms with E-state index in [9.17, 15) is 9.90 Å². The van der Waals surface area contributed by atoms with Gasteiger partial charge in [0.05, 0.1) is 5.92 Å². The lowest BCUT2D eigenvalue weighted by molar-refractivity contribution is -0.142. The predicted octanol–water partition coefficient (Wildman–Crippen LogP) is 3.28. The van der Waals surface area contributed by atoms with Crippen molar-refractivity contribution in [3.63, 3.8) is 0 Å². The number of aliphatic carboxylic acids is 1. The zero-order valence-electron chi connectivity index (χ0n) is 11.9. The third kappa shape index (κ3) is 2.12. The fraction of sp³-hybridized carbons (Fsp3) is 0.389. The second-order valence-corrected chi connectivity index (χ2v) is 6.33. The van der Waals surface area contributed by atoms with Crippen molar-refractivity contribution < 1.29 is 9.90 Å². The molecule has 2 heterocycles. The molecule has 0 aromatic heterocycles. The maximum atomic E-state index is 11.3. The van der Waals surface area contributed by atoms with E-state index in [0.717, 1.165) is 25.8 Å². The van der Waals surface area contributed by atoms with Crippen LogP contribution in [0.25, 0.3) is 10.8 Å². The number of nitrogens with zero attached hydrogens (tertiary/aromatic N) is 1. The lowest BCUT2D eigenvalue weighted by atomic mass is 9.89. The average Bonchev–Trinajstić information content (AvgIpc) is 3.04. The molecule has 21 heavy (non-hydrogen) atoms. The van der Waals surface area contributed by atoms with E-state index < -0.39 is 5.97 Å². The van der Waals surface area contributed by atoms with Crippen LogP contribution in [0.3, 0.4) is 0 Å². The van der Waals surface area contributed by atoms with Crippen LogP contribution in [-0.2, 0) is 11.3 Å². The Hall–Kier alpha value is -1.87. The highest BCUT2D eigenvalue weighted by Gasteiger charge is 2.48. The van der Waals surface area contributed by atoms with Crippen molar-refractivity contribution in [3.8, 4) is 0 Å². The fourth-order valence-corrected chi connectivity index (χ4v) is 4.16. The van der Waals surface area contributed by atoms with Gasteiger partial charge >= 0.3 is 5.97 Å². The van der Waals surface area contributed by atoms with Crippen molar-refractivity contribution >= 4 is 16.7 Å². The number of rotatable bonds is 3. The predicted molar refractivity (Wildman–Crippen MR) is 82.0 cm³/mol. The summed E-state index contributed by atoms with van der Waals surface area (Å²) in [5.41, 5.74) is 1.29. The lowest BCUT2D eigenvalue weighted by Crippen LogP contribution is -2.32. The van der Waals surface area contributed by atoms with E-state index in [-0.39, 0.29) is 12.0 Å². The normalized spacial score (nSPS) is 28.3. The van der Waals surface area contributed by atoms with Crippen molar-refractivity contribution in [1.82, 2.24) is 4.90 Å². The lowest BCUT2D eigenvalue weighted by Gasteiger charge is -2.23. The largest absolute Gasteiger partial charge is 0.481 e. The molecule has 1 N–H and O–H groups in total. The van der Waals surface area contributed by atoms with E-state index in [0.29, 0.717) is 6.04 Å². The molecule has 2 aliphatic rings. The number of hydrogen-bond donors (Lipinski definition) is 1. The van der Waals surface area contributed by atoms with Crippen LogP contribution in [0, 0.1) is 5.92 Å². The van der Waals surface area contributed by atoms with Crippen molar-refractivity contribution in [3.05, 3.63) is 48.0 Å². The minimum atomic E-state index is -0.620. The number of carboxylic acid groups (broad SMARTS) is 1. The maximum Gasteiger partial charge on any atom is 0.308 e. The second kappa shape index (κ2) is 4.85. The monoisotopic (exact) mass is 281 g/mol. The maximum absolute atomic E-state index is 11.3. The van der Waals surface area contributed by atoms with Gasteiger partial charge in [0.2, 0.25) is 0 Å². The summed E-state index contributed by atoms with van der Waals surface area (Å²) < 4.78 is 0. The van der Waals surface area contributed by atoms with Crippen LogP contribution >= 0.6 is 0 Å². The van der Waals surface area contributed by atoms with Gasteiger partial charge in [0.1, 0.15) is 0 Å². The van der Waals surface area contributed by atoms with Crippen LogP contribution in [-0.4, -0.2) is 28.1 Å². The number of hydrogen-bond acceptors (Lipinski definition) is 2. The first-order valence-corrected chi connectivity index (χ1v) is 7.68. The summed E-state index contributed by atoms with van der Waals surface area (Å²) in [6.45, 7) is 0.879. The quantitative estimate of drug-likeness (QED) is 0.938. The molecule has 3 nitrogen and oxygen atoms in total. The summed E-state index contributed by atoms with van der Waals surface area (Å²) in [4.78, 5) is 13.8. The van der Waals surface area contributed by atoms with Crippen molar-refractivity contribution in [2.24, 2.45) is 5.92 Å². The van der Waals surface area contributed by atoms with Crippen LogP contribution in [0.5, 0.6) is 0 Å². The zero-order valence-corrected chi connectivity index (χ0v) is 11.9. The molecule has 0 saturated carbocycles. The van der Waals surface area contributed by atoms with E-state index in [1.165, 1.54) is 16.3 Å². The Morgan fingerprint density at radius 3 is 2.71 bits per heavy atom. The number of carboxylic acids is 1. The first kappa shape index (κ1) is 12.8. The Morgan fingerprint density at radius 1 is 1.14 bits per heavy atom. The molecule has 2 fully saturated rings. The van der Waals surface area contributed by atoms with E-state index >= 15 is 0 Å². The van der Waals surface area contributed by atoms with Gasteiger partial charge in [-0.1, -0.05) is 36.4 Å². The van der Waals surface area contributed by atoms with Crippen LogP contribution < -0.4 is 0 Å². The molecular weight excluding hydrogens is 262 g/mol. The van der Waals surface area contributed by atoms with E-state index in [1.54, 1.807) is 0 Å². The summed E-state index contributed by atoms with van der Waals surface area (Å²) in [5, 5.41) is 11.9. The topological polar surface area (TPSA) is 40.5 Å². The zero-order chi connectivity index (χ0) is 14.4. The van der Waals surface area contributed by atoms with Gasteiger partial charge in [-0.3, -0.25) is 9.69 Å². The van der Waals surface area contributed by atoms with Crippen LogP contribution in [0.2, 0.25) is 0 Å². The minimum Gasteiger partial charge on any atom is -0.481 e. The molecule has 3 heteroatoms. The number of carbonyl (C=O) groups is 1. The van der Waals surface area contributed by atoms with Gasteiger partial charge in [-0.05, 0) is 41.7 Å². The molecule has 108 valence electrons. The summed E-state index contributed by atoms with van der Waals surface area (Å²) in [6, 6.07) is 15.7. The van der Waals surface area contributed by atoms with Crippen molar-refractivity contribution in [2.45, 2.75) is 37.9 Å². The summed E-state index contributed by atoms with van der Waals surface area (Å²) in [5.74, 6) is -0.782. The minimum absolute atomic E-state index is 0.163. The summed E-state index contributed by atoms with van der Waals surface area (Å²) in [7, 11) is 0. The second-order valence-electron chi connectivity index (χ2n) is 6.33. The Morgan fingerprint density at radius 2 is 1.95 bits per heavy atom. The third-order valence-corrected chi connectivity index (χ3v) is 5.18. The fourth-order valence-electron chi connectivity index (χ4n) is 4.16. The highest BCUT2D eigenvalue weighted by Crippen LogP contribution is 2.42. The average molecular weight is 281 g/mol. The van der Waals surface area contributed by atoms with Gasteiger partial charge in [-0.2, -0.15) is 0 Å². The highest BCUT2D eigenvalue weighted by molar-refractivity contribution is 5.83. The summed E-state index contributed by atoms with van der Waals surface area (Å²) in [6.07, 6.45) is 3.02. The molecule has 2 saturated heterocycles. The van der Waals surface area contributed by atoms with Gasteiger partial charge < -0.3 is 5.11 Å². The molecule has 2 aromatic carbocycles. The molecule has 0 aliphatic carbocycles. The first-order chi connectivity index (χ1) is 10.2. The van der Waals surface area contributed by atoms with E-state index in [2.05, 4.69) is 47.4 Å². The summed E-state index contributed by atoms with van der Waals surface area (Å²) >= 11 is 0. The van der Waals surface area contributed by atoms with E-state index in [4.69, 9.17) is 0 Å². The van der Waals surface area contributed by atoms with Gasteiger partial charge in [0, 0.05) is 18.6 Å². The molecule has 2 aliphatic heterocycles. The first-order valence-electron chi connectivity index (χ1n) is 7.68. The van der Waals surface area contributed by atoms with Crippen molar-refractivity contribution in [2.75, 3.05) is 0 Å². The molecule has 4 rings (SSSR count). The Labute approximate surface area is 124 Å². The highest BCUT2D eigenvalue weighted by atomic mass is 16.4. The Bertz CT molecular complexity index is 696. The molecule has 0 spiro atoms. The van der Waals surface area contributed by atoms with Crippen LogP contribution in [0.4, 0.5) is 0 Å². The van der Waals surface area contributed by atoms with E-state index in [1.807, 2.05) is 0 Å². The molecule has 0 amide bonds. The number of benzene rings is 2. The third-order valence-electron chi connectivity index (χ3n) is 5.18. The van der Waals surface area contributed by atoms with Gasteiger partial charge in [-0.25, -0.2) is 0 Å². The molecule has 0 radical (unpaired) electrons. The Kier molecular flexibility index (Phi) is 2.96. The smallest absolute Gasteiger partial charge is 0.308 e. The van der Waals surface area contributed by atoms with Crippen LogP contribution in [0.15, 0.2) is 42.5 Å². The molecular formula is C18H19NO2. The number of fused-ring (bicyclic) bond motifs is 3. The van der Waals surface area contributed by atoms with Crippen molar-refractivity contribution in [1.29, 1.82) is 0 Å². The van der Waals surface area contributed by atoms with Gasteiger partial charge in [0.15, 0.2) is 0 Å². The standard InChI is InChI=1S/C18H19NO2/c20-18(21)16-10-15-7-8-17(16)19(15)11-12-5-6-13-3-1-2-4-14(13)9-12/h1-6,9,15-17H,7-8,10-11H2,(H,20,21). The Balaban J connectivity index is 1.59. The van der Waals surface area contributed by atoms with Gasteiger partial charge in [0.25, 0.3) is 0 Å². The SMILES string of the molecule is O=C(O)C1CC2CCC1N2Cc1ccc2ccccc2c1. The molecule has 2 aromatic rings. The molecule has 3 unspecified atom stereocenters.